The monoisotopic (exact) mass is 127 g/mol. The zero-order chi connectivity index (χ0) is 6.57. The standard InChI is InChI=1S/C4H8F3N/c5-2-1-3(6)4(7)8/h3-4H,1-2,8H2. The second kappa shape index (κ2) is 3.72. The van der Waals surface area contributed by atoms with Crippen molar-refractivity contribution in [3.8, 4) is 0 Å². The molecule has 0 spiro atoms. The molecular weight excluding hydrogens is 119 g/mol. The highest BCUT2D eigenvalue weighted by Crippen LogP contribution is 2.02. The van der Waals surface area contributed by atoms with Crippen LogP contribution in [0.25, 0.3) is 0 Å². The molecule has 0 aromatic heterocycles. The first-order chi connectivity index (χ1) is 3.68. The fraction of sp³-hybridized carbons (Fsp3) is 1.00. The summed E-state index contributed by atoms with van der Waals surface area (Å²) in [5.74, 6) is 0. The molecule has 0 aliphatic heterocycles. The van der Waals surface area contributed by atoms with E-state index in [0.717, 1.165) is 0 Å². The van der Waals surface area contributed by atoms with Gasteiger partial charge in [-0.2, -0.15) is 0 Å². The van der Waals surface area contributed by atoms with Gasteiger partial charge in [0.25, 0.3) is 0 Å². The largest absolute Gasteiger partial charge is 0.299 e. The van der Waals surface area contributed by atoms with Crippen molar-refractivity contribution in [2.24, 2.45) is 5.73 Å². The van der Waals surface area contributed by atoms with Crippen molar-refractivity contribution in [1.82, 2.24) is 0 Å². The first kappa shape index (κ1) is 7.75. The molecule has 0 aliphatic carbocycles. The predicted octanol–water partition coefficient (Wildman–Crippen LogP) is 0.938. The van der Waals surface area contributed by atoms with Crippen molar-refractivity contribution in [3.05, 3.63) is 0 Å². The van der Waals surface area contributed by atoms with Gasteiger partial charge < -0.3 is 0 Å². The first-order valence-corrected chi connectivity index (χ1v) is 2.28. The maximum absolute atomic E-state index is 11.8. The number of nitrogens with two attached hydrogens (primary N) is 1. The van der Waals surface area contributed by atoms with Crippen molar-refractivity contribution in [2.75, 3.05) is 6.67 Å². The molecule has 50 valence electrons. The zero-order valence-electron chi connectivity index (χ0n) is 4.28. The van der Waals surface area contributed by atoms with E-state index in [-0.39, 0.29) is 0 Å². The number of hydrogen-bond acceptors (Lipinski definition) is 1. The lowest BCUT2D eigenvalue weighted by Gasteiger charge is -2.04. The van der Waals surface area contributed by atoms with Crippen LogP contribution in [0.4, 0.5) is 13.2 Å². The SMILES string of the molecule is NC(F)C(F)CCF. The Hall–Kier alpha value is -0.250. The average molecular weight is 127 g/mol. The first-order valence-electron chi connectivity index (χ1n) is 2.28. The molecule has 2 unspecified atom stereocenters. The van der Waals surface area contributed by atoms with Crippen LogP contribution in [0.2, 0.25) is 0 Å². The lowest BCUT2D eigenvalue weighted by molar-refractivity contribution is 0.153. The zero-order valence-corrected chi connectivity index (χ0v) is 4.28. The van der Waals surface area contributed by atoms with Crippen LogP contribution < -0.4 is 5.73 Å². The minimum atomic E-state index is -2.04. The highest BCUT2D eigenvalue weighted by Gasteiger charge is 2.13. The summed E-state index contributed by atoms with van der Waals surface area (Å²) in [5.41, 5.74) is 4.41. The maximum atomic E-state index is 11.8. The molecule has 0 bridgehead atoms. The molecule has 2 atom stereocenters. The highest BCUT2D eigenvalue weighted by molar-refractivity contribution is 4.59. The van der Waals surface area contributed by atoms with Gasteiger partial charge in [0.2, 0.25) is 0 Å². The van der Waals surface area contributed by atoms with E-state index in [9.17, 15) is 13.2 Å². The summed E-state index contributed by atoms with van der Waals surface area (Å²) in [4.78, 5) is 0. The van der Waals surface area contributed by atoms with Crippen LogP contribution in [0.1, 0.15) is 6.42 Å². The lowest BCUT2D eigenvalue weighted by Crippen LogP contribution is -2.26. The molecule has 0 fully saturated rings. The van der Waals surface area contributed by atoms with E-state index in [1.807, 2.05) is 0 Å². The van der Waals surface area contributed by atoms with Gasteiger partial charge in [0.05, 0.1) is 6.67 Å². The van der Waals surface area contributed by atoms with Crippen LogP contribution in [0, 0.1) is 0 Å². The lowest BCUT2D eigenvalue weighted by atomic mass is 10.3. The molecule has 1 nitrogen and oxygen atoms in total. The quantitative estimate of drug-likeness (QED) is 0.561. The number of rotatable bonds is 3. The van der Waals surface area contributed by atoms with Crippen LogP contribution in [-0.4, -0.2) is 19.1 Å². The molecule has 0 radical (unpaired) electrons. The van der Waals surface area contributed by atoms with Gasteiger partial charge in [0.15, 0.2) is 6.30 Å². The molecule has 0 aliphatic rings. The van der Waals surface area contributed by atoms with Gasteiger partial charge in [-0.15, -0.1) is 0 Å². The second-order valence-electron chi connectivity index (χ2n) is 1.44. The Balaban J connectivity index is 3.17. The van der Waals surface area contributed by atoms with Crippen LogP contribution in [0.15, 0.2) is 0 Å². The summed E-state index contributed by atoms with van der Waals surface area (Å²) in [5, 5.41) is 0. The van der Waals surface area contributed by atoms with Crippen molar-refractivity contribution in [2.45, 2.75) is 18.9 Å². The van der Waals surface area contributed by atoms with E-state index < -0.39 is 25.6 Å². The van der Waals surface area contributed by atoms with Crippen molar-refractivity contribution >= 4 is 0 Å². The van der Waals surface area contributed by atoms with Gasteiger partial charge in [-0.05, 0) is 0 Å². The molecule has 8 heavy (non-hydrogen) atoms. The van der Waals surface area contributed by atoms with E-state index >= 15 is 0 Å². The fourth-order valence-corrected chi connectivity index (χ4v) is 0.263. The summed E-state index contributed by atoms with van der Waals surface area (Å²) in [6.07, 6.45) is -4.33. The molecule has 0 rings (SSSR count). The predicted molar refractivity (Wildman–Crippen MR) is 24.6 cm³/mol. The van der Waals surface area contributed by atoms with E-state index in [1.165, 1.54) is 0 Å². The molecule has 2 N–H and O–H groups in total. The summed E-state index contributed by atoms with van der Waals surface area (Å²) in [6.45, 7) is -0.862. The molecule has 0 saturated carbocycles. The minimum absolute atomic E-state index is 0.447. The summed E-state index contributed by atoms with van der Waals surface area (Å²) in [7, 11) is 0. The molecule has 0 heterocycles. The third-order valence-electron chi connectivity index (χ3n) is 0.730. The van der Waals surface area contributed by atoms with E-state index in [2.05, 4.69) is 5.73 Å². The van der Waals surface area contributed by atoms with Crippen LogP contribution in [-0.2, 0) is 0 Å². The third kappa shape index (κ3) is 2.85. The smallest absolute Gasteiger partial charge is 0.180 e. The average Bonchev–Trinajstić information content (AvgIpc) is 1.67. The van der Waals surface area contributed by atoms with Gasteiger partial charge in [-0.3, -0.25) is 10.1 Å². The van der Waals surface area contributed by atoms with Gasteiger partial charge >= 0.3 is 0 Å². The molecule has 0 aromatic carbocycles. The van der Waals surface area contributed by atoms with Gasteiger partial charge in [-0.1, -0.05) is 0 Å². The van der Waals surface area contributed by atoms with Gasteiger partial charge in [-0.25, -0.2) is 8.78 Å². The Morgan fingerprint density at radius 3 is 2.00 bits per heavy atom. The Kier molecular flexibility index (Phi) is 3.60. The summed E-state index contributed by atoms with van der Waals surface area (Å²) >= 11 is 0. The molecule has 0 aromatic rings. The maximum Gasteiger partial charge on any atom is 0.180 e. The normalized spacial score (nSPS) is 18.0. The van der Waals surface area contributed by atoms with Gasteiger partial charge in [0, 0.05) is 6.42 Å². The molecular formula is C4H8F3N. The van der Waals surface area contributed by atoms with Crippen molar-refractivity contribution in [1.29, 1.82) is 0 Å². The molecule has 0 saturated heterocycles. The second-order valence-corrected chi connectivity index (χ2v) is 1.44. The van der Waals surface area contributed by atoms with Crippen LogP contribution in [0.5, 0.6) is 0 Å². The van der Waals surface area contributed by atoms with Crippen molar-refractivity contribution in [3.63, 3.8) is 0 Å². The van der Waals surface area contributed by atoms with E-state index in [1.54, 1.807) is 0 Å². The van der Waals surface area contributed by atoms with Crippen molar-refractivity contribution < 1.29 is 13.2 Å². The Labute approximate surface area is 45.7 Å². The number of hydrogen-bond donors (Lipinski definition) is 1. The summed E-state index contributed by atoms with van der Waals surface area (Å²) in [6, 6.07) is 0. The fourth-order valence-electron chi connectivity index (χ4n) is 0.263. The molecule has 4 heteroatoms. The minimum Gasteiger partial charge on any atom is -0.299 e. The van der Waals surface area contributed by atoms with Crippen LogP contribution >= 0.6 is 0 Å². The number of alkyl halides is 3. The Bertz CT molecular complexity index is 57.2. The van der Waals surface area contributed by atoms with E-state index in [0.29, 0.717) is 0 Å². The van der Waals surface area contributed by atoms with Crippen LogP contribution in [0.3, 0.4) is 0 Å². The Morgan fingerprint density at radius 1 is 1.38 bits per heavy atom. The van der Waals surface area contributed by atoms with Gasteiger partial charge in [0.1, 0.15) is 6.17 Å². The molecule has 0 amide bonds. The Morgan fingerprint density at radius 2 is 1.88 bits per heavy atom. The third-order valence-corrected chi connectivity index (χ3v) is 0.730. The topological polar surface area (TPSA) is 26.0 Å². The van der Waals surface area contributed by atoms with E-state index in [4.69, 9.17) is 0 Å². The number of halogens is 3. The summed E-state index contributed by atoms with van der Waals surface area (Å²) < 4.78 is 34.4. The highest BCUT2D eigenvalue weighted by atomic mass is 19.2.